The molecule has 0 aliphatic carbocycles. The van der Waals surface area contributed by atoms with E-state index in [4.69, 9.17) is 14.7 Å². The van der Waals surface area contributed by atoms with E-state index in [0.29, 0.717) is 16.8 Å². The van der Waals surface area contributed by atoms with Gasteiger partial charge in [-0.3, -0.25) is 0 Å². The van der Waals surface area contributed by atoms with Crippen molar-refractivity contribution >= 4 is 16.9 Å². The molecular weight excluding hydrogens is 328 g/mol. The predicted molar refractivity (Wildman–Crippen MR) is 97.5 cm³/mol. The second-order valence-corrected chi connectivity index (χ2v) is 5.90. The minimum atomic E-state index is -0.449. The zero-order valence-corrected chi connectivity index (χ0v) is 14.7. The quantitative estimate of drug-likeness (QED) is 0.655. The molecule has 130 valence electrons. The van der Waals surface area contributed by atoms with Crippen LogP contribution in [0.3, 0.4) is 0 Å². The highest BCUT2D eigenvalue weighted by molar-refractivity contribution is 5.98. The van der Waals surface area contributed by atoms with Gasteiger partial charge in [0.2, 0.25) is 0 Å². The summed E-state index contributed by atoms with van der Waals surface area (Å²) in [6, 6.07) is 16.7. The number of aryl methyl sites for hydroxylation is 1. The number of aromatic nitrogens is 1. The number of benzene rings is 2. The summed E-state index contributed by atoms with van der Waals surface area (Å²) in [5.74, 6) is -0.449. The summed E-state index contributed by atoms with van der Waals surface area (Å²) in [5, 5.41) is 9.88. The minimum absolute atomic E-state index is 0.0903. The Morgan fingerprint density at radius 1 is 1.15 bits per heavy atom. The Hall–Kier alpha value is -3.23. The fourth-order valence-electron chi connectivity index (χ4n) is 2.90. The van der Waals surface area contributed by atoms with Crippen LogP contribution in [0.15, 0.2) is 48.5 Å². The summed E-state index contributed by atoms with van der Waals surface area (Å²) in [6.45, 7) is 2.20. The van der Waals surface area contributed by atoms with Crippen LogP contribution >= 0.6 is 0 Å². The van der Waals surface area contributed by atoms with Gasteiger partial charge in [0.25, 0.3) is 0 Å². The van der Waals surface area contributed by atoms with Gasteiger partial charge in [-0.25, -0.2) is 9.78 Å². The molecule has 0 radical (unpaired) electrons. The number of pyridine rings is 1. The highest BCUT2D eigenvalue weighted by Crippen LogP contribution is 2.24. The van der Waals surface area contributed by atoms with Crippen molar-refractivity contribution in [2.24, 2.45) is 0 Å². The van der Waals surface area contributed by atoms with Crippen LogP contribution in [0.2, 0.25) is 0 Å². The third-order valence-electron chi connectivity index (χ3n) is 4.14. The molecule has 0 atom stereocenters. The van der Waals surface area contributed by atoms with Crippen molar-refractivity contribution in [3.63, 3.8) is 0 Å². The number of nitrogens with zero attached hydrogens (tertiary/aromatic N) is 2. The standard InChI is InChI=1S/C21H18N2O3/c1-14-17-8-3-4-9-18(17)23-19(13-25-2)20(14)21(24)26-12-16-7-5-6-15(10-16)11-22/h3-10H,12-13H2,1-2H3. The summed E-state index contributed by atoms with van der Waals surface area (Å²) in [7, 11) is 1.56. The van der Waals surface area contributed by atoms with Crippen LogP contribution in [0.25, 0.3) is 10.9 Å². The zero-order chi connectivity index (χ0) is 18.5. The van der Waals surface area contributed by atoms with Crippen LogP contribution in [-0.2, 0) is 22.7 Å². The molecule has 0 saturated carbocycles. The van der Waals surface area contributed by atoms with Crippen molar-refractivity contribution in [3.05, 3.63) is 76.5 Å². The molecule has 2 aromatic carbocycles. The Kier molecular flexibility index (Phi) is 5.26. The lowest BCUT2D eigenvalue weighted by molar-refractivity contribution is 0.0466. The van der Waals surface area contributed by atoms with E-state index in [1.807, 2.05) is 37.3 Å². The number of hydrogen-bond acceptors (Lipinski definition) is 5. The topological polar surface area (TPSA) is 72.2 Å². The number of fused-ring (bicyclic) bond motifs is 1. The largest absolute Gasteiger partial charge is 0.457 e. The number of carbonyl (C=O) groups is 1. The maximum atomic E-state index is 12.7. The first-order valence-corrected chi connectivity index (χ1v) is 8.17. The van der Waals surface area contributed by atoms with Crippen LogP contribution in [0.1, 0.15) is 32.7 Å². The number of hydrogen-bond donors (Lipinski definition) is 0. The van der Waals surface area contributed by atoms with Crippen molar-refractivity contribution in [1.29, 1.82) is 5.26 Å². The minimum Gasteiger partial charge on any atom is -0.457 e. The van der Waals surface area contributed by atoms with Gasteiger partial charge in [0.15, 0.2) is 0 Å². The molecule has 0 aliphatic rings. The smallest absolute Gasteiger partial charge is 0.340 e. The molecule has 1 aromatic heterocycles. The third kappa shape index (κ3) is 3.56. The zero-order valence-electron chi connectivity index (χ0n) is 14.7. The fraction of sp³-hybridized carbons (Fsp3) is 0.190. The number of ether oxygens (including phenoxy) is 2. The lowest BCUT2D eigenvalue weighted by atomic mass is 10.0. The summed E-state index contributed by atoms with van der Waals surface area (Å²) in [5.41, 5.74) is 3.91. The highest BCUT2D eigenvalue weighted by Gasteiger charge is 2.20. The van der Waals surface area contributed by atoms with E-state index < -0.39 is 5.97 Å². The average Bonchev–Trinajstić information content (AvgIpc) is 2.67. The monoisotopic (exact) mass is 346 g/mol. The number of para-hydroxylation sites is 1. The van der Waals surface area contributed by atoms with Crippen molar-refractivity contribution < 1.29 is 14.3 Å². The van der Waals surface area contributed by atoms with E-state index in [1.165, 1.54) is 0 Å². The third-order valence-corrected chi connectivity index (χ3v) is 4.14. The van der Waals surface area contributed by atoms with E-state index in [-0.39, 0.29) is 13.2 Å². The molecule has 3 rings (SSSR count). The van der Waals surface area contributed by atoms with Crippen LogP contribution in [0.4, 0.5) is 0 Å². The molecule has 3 aromatic rings. The number of esters is 1. The van der Waals surface area contributed by atoms with Crippen molar-refractivity contribution in [2.75, 3.05) is 7.11 Å². The highest BCUT2D eigenvalue weighted by atomic mass is 16.5. The van der Waals surface area contributed by atoms with Gasteiger partial charge in [0.05, 0.1) is 35.0 Å². The van der Waals surface area contributed by atoms with Gasteiger partial charge >= 0.3 is 5.97 Å². The Labute approximate surface area is 151 Å². The van der Waals surface area contributed by atoms with Crippen LogP contribution in [-0.4, -0.2) is 18.1 Å². The van der Waals surface area contributed by atoms with Crippen molar-refractivity contribution in [3.8, 4) is 6.07 Å². The molecule has 0 bridgehead atoms. The first kappa shape index (κ1) is 17.6. The lowest BCUT2D eigenvalue weighted by Gasteiger charge is -2.14. The summed E-state index contributed by atoms with van der Waals surface area (Å²) in [6.07, 6.45) is 0. The molecule has 0 fully saturated rings. The van der Waals surface area contributed by atoms with Crippen LogP contribution in [0, 0.1) is 18.3 Å². The molecule has 5 heteroatoms. The SMILES string of the molecule is COCc1nc2ccccc2c(C)c1C(=O)OCc1cccc(C#N)c1. The predicted octanol–water partition coefficient (Wildman–Crippen LogP) is 3.92. The average molecular weight is 346 g/mol. The normalized spacial score (nSPS) is 10.5. The fourth-order valence-corrected chi connectivity index (χ4v) is 2.90. The summed E-state index contributed by atoms with van der Waals surface area (Å²) >= 11 is 0. The molecule has 0 saturated heterocycles. The molecule has 0 aliphatic heterocycles. The van der Waals surface area contributed by atoms with E-state index in [9.17, 15) is 4.79 Å². The molecule has 1 heterocycles. The van der Waals surface area contributed by atoms with Crippen molar-refractivity contribution in [2.45, 2.75) is 20.1 Å². The summed E-state index contributed by atoms with van der Waals surface area (Å²) < 4.78 is 10.7. The Morgan fingerprint density at radius 2 is 1.96 bits per heavy atom. The molecule has 5 nitrogen and oxygen atoms in total. The van der Waals surface area contributed by atoms with E-state index in [1.54, 1.807) is 25.3 Å². The number of carbonyl (C=O) groups excluding carboxylic acids is 1. The molecule has 0 amide bonds. The van der Waals surface area contributed by atoms with Gasteiger partial charge in [0.1, 0.15) is 6.61 Å². The first-order valence-electron chi connectivity index (χ1n) is 8.17. The van der Waals surface area contributed by atoms with Crippen LogP contribution < -0.4 is 0 Å². The van der Waals surface area contributed by atoms with Gasteiger partial charge in [-0.05, 0) is 36.2 Å². The lowest BCUT2D eigenvalue weighted by Crippen LogP contribution is -2.13. The van der Waals surface area contributed by atoms with Gasteiger partial charge in [-0.2, -0.15) is 5.26 Å². The van der Waals surface area contributed by atoms with Gasteiger partial charge in [-0.15, -0.1) is 0 Å². The summed E-state index contributed by atoms with van der Waals surface area (Å²) in [4.78, 5) is 17.3. The number of nitriles is 1. The van der Waals surface area contributed by atoms with Crippen molar-refractivity contribution in [1.82, 2.24) is 4.98 Å². The van der Waals surface area contributed by atoms with E-state index in [2.05, 4.69) is 11.1 Å². The maximum Gasteiger partial charge on any atom is 0.340 e. The second-order valence-electron chi connectivity index (χ2n) is 5.90. The molecular formula is C21H18N2O3. The first-order chi connectivity index (χ1) is 12.6. The van der Waals surface area contributed by atoms with Gasteiger partial charge in [-0.1, -0.05) is 30.3 Å². The second kappa shape index (κ2) is 7.77. The maximum absolute atomic E-state index is 12.7. The Morgan fingerprint density at radius 3 is 2.73 bits per heavy atom. The molecule has 0 spiro atoms. The Balaban J connectivity index is 1.92. The number of methoxy groups -OCH3 is 1. The van der Waals surface area contributed by atoms with E-state index in [0.717, 1.165) is 22.0 Å². The molecule has 0 unspecified atom stereocenters. The van der Waals surface area contributed by atoms with Gasteiger partial charge < -0.3 is 9.47 Å². The molecule has 0 N–H and O–H groups in total. The van der Waals surface area contributed by atoms with Gasteiger partial charge in [0, 0.05) is 12.5 Å². The van der Waals surface area contributed by atoms with Crippen LogP contribution in [0.5, 0.6) is 0 Å². The molecule has 26 heavy (non-hydrogen) atoms. The van der Waals surface area contributed by atoms with E-state index >= 15 is 0 Å². The number of rotatable bonds is 5. The Bertz CT molecular complexity index is 1010.